The van der Waals surface area contributed by atoms with Gasteiger partial charge < -0.3 is 10.5 Å². The Morgan fingerprint density at radius 3 is 1.74 bits per heavy atom. The molecule has 100 valence electrons. The van der Waals surface area contributed by atoms with Gasteiger partial charge in [-0.3, -0.25) is 0 Å². The first-order valence-electron chi connectivity index (χ1n) is 6.25. The van der Waals surface area contributed by atoms with Crippen LogP contribution in [0.5, 0.6) is 0 Å². The average molecular weight is 257 g/mol. The van der Waals surface area contributed by atoms with Crippen LogP contribution in [0.3, 0.4) is 0 Å². The van der Waals surface area contributed by atoms with Crippen molar-refractivity contribution in [2.75, 3.05) is 12.8 Å². The van der Waals surface area contributed by atoms with Gasteiger partial charge in [0.2, 0.25) is 0 Å². The van der Waals surface area contributed by atoms with E-state index in [1.165, 1.54) is 7.11 Å². The van der Waals surface area contributed by atoms with Gasteiger partial charge in [0.25, 0.3) is 0 Å². The van der Waals surface area contributed by atoms with Crippen molar-refractivity contribution in [1.29, 1.82) is 0 Å². The molecule has 0 aromatic heterocycles. The van der Waals surface area contributed by atoms with Gasteiger partial charge in [-0.15, -0.1) is 0 Å². The van der Waals surface area contributed by atoms with E-state index in [-0.39, 0.29) is 5.97 Å². The number of hydrogen-bond donors (Lipinski definition) is 1. The number of carbonyl (C=O) groups excluding carboxylic acids is 1. The van der Waals surface area contributed by atoms with Crippen LogP contribution in [-0.2, 0) is 4.74 Å². The first-order chi connectivity index (χ1) is 9.20. The Labute approximate surface area is 114 Å². The van der Waals surface area contributed by atoms with E-state index in [9.17, 15) is 4.79 Å². The molecule has 2 aromatic carbocycles. The Morgan fingerprint density at radius 1 is 0.895 bits per heavy atom. The monoisotopic (exact) mass is 257 g/mol. The lowest BCUT2D eigenvalue weighted by Crippen LogP contribution is -2.00. The molecule has 0 saturated carbocycles. The molecule has 2 rings (SSSR count). The molecule has 2 N–H and O–H groups in total. The topological polar surface area (TPSA) is 52.3 Å². The second-order valence-electron chi connectivity index (χ2n) is 3.69. The van der Waals surface area contributed by atoms with Crippen LogP contribution in [-0.4, -0.2) is 13.1 Å². The van der Waals surface area contributed by atoms with Crippen LogP contribution in [0.2, 0.25) is 0 Å². The molecule has 0 unspecified atom stereocenters. The van der Waals surface area contributed by atoms with Gasteiger partial charge in [0.15, 0.2) is 0 Å². The van der Waals surface area contributed by atoms with E-state index in [0.717, 1.165) is 16.8 Å². The first kappa shape index (κ1) is 14.8. The van der Waals surface area contributed by atoms with Gasteiger partial charge in [0.1, 0.15) is 0 Å². The van der Waals surface area contributed by atoms with Crippen LogP contribution in [0.15, 0.2) is 48.5 Å². The maximum atomic E-state index is 11.3. The minimum atomic E-state index is -0.325. The van der Waals surface area contributed by atoms with Crippen molar-refractivity contribution < 1.29 is 9.53 Å². The average Bonchev–Trinajstić information content (AvgIpc) is 2.49. The summed E-state index contributed by atoms with van der Waals surface area (Å²) in [6, 6.07) is 14.9. The number of rotatable bonds is 2. The third-order valence-corrected chi connectivity index (χ3v) is 2.55. The third-order valence-electron chi connectivity index (χ3n) is 2.55. The van der Waals surface area contributed by atoms with Crippen molar-refractivity contribution in [2.45, 2.75) is 13.8 Å². The van der Waals surface area contributed by atoms with Crippen LogP contribution in [0.4, 0.5) is 5.69 Å². The zero-order chi connectivity index (χ0) is 14.3. The molecular weight excluding hydrogens is 238 g/mol. The van der Waals surface area contributed by atoms with Crippen LogP contribution < -0.4 is 5.73 Å². The summed E-state index contributed by atoms with van der Waals surface area (Å²) in [5.74, 6) is -0.325. The van der Waals surface area contributed by atoms with E-state index in [2.05, 4.69) is 4.74 Å². The molecule has 0 heterocycles. The van der Waals surface area contributed by atoms with Crippen LogP contribution in [0, 0.1) is 0 Å². The minimum Gasteiger partial charge on any atom is -0.465 e. The van der Waals surface area contributed by atoms with E-state index in [0.29, 0.717) is 5.56 Å². The molecule has 0 atom stereocenters. The summed E-state index contributed by atoms with van der Waals surface area (Å²) in [5.41, 5.74) is 9.01. The van der Waals surface area contributed by atoms with Gasteiger partial charge in [0, 0.05) is 5.69 Å². The van der Waals surface area contributed by atoms with Crippen molar-refractivity contribution in [1.82, 2.24) is 0 Å². The molecule has 3 nitrogen and oxygen atoms in total. The Balaban J connectivity index is 0.000000861. The van der Waals surface area contributed by atoms with Crippen molar-refractivity contribution in [3.05, 3.63) is 54.1 Å². The van der Waals surface area contributed by atoms with E-state index in [1.807, 2.05) is 50.2 Å². The summed E-state index contributed by atoms with van der Waals surface area (Å²) in [5, 5.41) is 0. The Hall–Kier alpha value is -2.29. The summed E-state index contributed by atoms with van der Waals surface area (Å²) in [6.45, 7) is 4.00. The highest BCUT2D eigenvalue weighted by molar-refractivity contribution is 5.89. The summed E-state index contributed by atoms with van der Waals surface area (Å²) < 4.78 is 4.64. The van der Waals surface area contributed by atoms with Crippen molar-refractivity contribution >= 4 is 11.7 Å². The molecule has 0 spiro atoms. The maximum Gasteiger partial charge on any atom is 0.337 e. The number of carbonyl (C=O) groups is 1. The molecule has 0 aliphatic heterocycles. The molecule has 0 radical (unpaired) electrons. The highest BCUT2D eigenvalue weighted by Crippen LogP contribution is 2.21. The SMILES string of the molecule is CC.COC(=O)c1ccc(-c2ccc(N)cc2)cc1. The second-order valence-corrected chi connectivity index (χ2v) is 3.69. The maximum absolute atomic E-state index is 11.3. The van der Waals surface area contributed by atoms with Crippen LogP contribution >= 0.6 is 0 Å². The van der Waals surface area contributed by atoms with Crippen molar-refractivity contribution in [3.63, 3.8) is 0 Å². The molecule has 19 heavy (non-hydrogen) atoms. The Bertz CT molecular complexity index is 515. The number of nitrogens with two attached hydrogens (primary N) is 1. The lowest BCUT2D eigenvalue weighted by molar-refractivity contribution is 0.0601. The largest absolute Gasteiger partial charge is 0.465 e. The number of esters is 1. The van der Waals surface area contributed by atoms with Gasteiger partial charge in [-0.05, 0) is 35.4 Å². The summed E-state index contributed by atoms with van der Waals surface area (Å²) >= 11 is 0. The minimum absolute atomic E-state index is 0.325. The van der Waals surface area contributed by atoms with Crippen molar-refractivity contribution in [3.8, 4) is 11.1 Å². The summed E-state index contributed by atoms with van der Waals surface area (Å²) in [4.78, 5) is 11.3. The molecule has 0 aliphatic carbocycles. The first-order valence-corrected chi connectivity index (χ1v) is 6.25. The van der Waals surface area contributed by atoms with E-state index in [4.69, 9.17) is 5.73 Å². The standard InChI is InChI=1S/C14H13NO2.C2H6/c1-17-14(16)12-4-2-10(3-5-12)11-6-8-13(15)9-7-11;1-2/h2-9H,15H2,1H3;1-2H3. The van der Waals surface area contributed by atoms with E-state index >= 15 is 0 Å². The fraction of sp³-hybridized carbons (Fsp3) is 0.188. The second kappa shape index (κ2) is 7.21. The molecule has 0 fully saturated rings. The molecule has 2 aromatic rings. The van der Waals surface area contributed by atoms with Crippen LogP contribution in [0.25, 0.3) is 11.1 Å². The highest BCUT2D eigenvalue weighted by atomic mass is 16.5. The molecule has 0 bridgehead atoms. The molecule has 0 aliphatic rings. The van der Waals surface area contributed by atoms with Gasteiger partial charge in [-0.1, -0.05) is 38.1 Å². The third kappa shape index (κ3) is 3.85. The van der Waals surface area contributed by atoms with Crippen molar-refractivity contribution in [2.24, 2.45) is 0 Å². The number of nitrogen functional groups attached to an aromatic ring is 1. The lowest BCUT2D eigenvalue weighted by atomic mass is 10.0. The highest BCUT2D eigenvalue weighted by Gasteiger charge is 2.04. The number of hydrogen-bond acceptors (Lipinski definition) is 3. The lowest BCUT2D eigenvalue weighted by Gasteiger charge is -2.03. The van der Waals surface area contributed by atoms with E-state index in [1.54, 1.807) is 12.1 Å². The Morgan fingerprint density at radius 2 is 1.32 bits per heavy atom. The molecule has 0 amide bonds. The zero-order valence-corrected chi connectivity index (χ0v) is 11.5. The van der Waals surface area contributed by atoms with Gasteiger partial charge in [0.05, 0.1) is 12.7 Å². The fourth-order valence-corrected chi connectivity index (χ4v) is 1.59. The Kier molecular flexibility index (Phi) is 5.61. The number of ether oxygens (including phenoxy) is 1. The predicted molar refractivity (Wildman–Crippen MR) is 79.0 cm³/mol. The van der Waals surface area contributed by atoms with Gasteiger partial charge >= 0.3 is 5.97 Å². The van der Waals surface area contributed by atoms with Crippen LogP contribution in [0.1, 0.15) is 24.2 Å². The predicted octanol–water partition coefficient (Wildman–Crippen LogP) is 3.75. The number of methoxy groups -OCH3 is 1. The normalized spacial score (nSPS) is 9.21. The smallest absolute Gasteiger partial charge is 0.337 e. The van der Waals surface area contributed by atoms with E-state index < -0.39 is 0 Å². The van der Waals surface area contributed by atoms with Gasteiger partial charge in [-0.2, -0.15) is 0 Å². The number of anilines is 1. The fourth-order valence-electron chi connectivity index (χ4n) is 1.59. The van der Waals surface area contributed by atoms with Gasteiger partial charge in [-0.25, -0.2) is 4.79 Å². The number of benzene rings is 2. The quantitative estimate of drug-likeness (QED) is 0.658. The summed E-state index contributed by atoms with van der Waals surface area (Å²) in [7, 11) is 1.37. The molecule has 3 heteroatoms. The molecular formula is C16H19NO2. The summed E-state index contributed by atoms with van der Waals surface area (Å²) in [6.07, 6.45) is 0. The zero-order valence-electron chi connectivity index (χ0n) is 11.5. The molecule has 0 saturated heterocycles.